The summed E-state index contributed by atoms with van der Waals surface area (Å²) in [5.41, 5.74) is 0.428. The number of aliphatic hydroxyl groups excluding tert-OH is 1. The van der Waals surface area contributed by atoms with Gasteiger partial charge in [-0.3, -0.25) is 9.79 Å². The van der Waals surface area contributed by atoms with E-state index in [1.807, 2.05) is 19.0 Å². The summed E-state index contributed by atoms with van der Waals surface area (Å²) in [4.78, 5) is 18.3. The fourth-order valence-electron chi connectivity index (χ4n) is 2.52. The van der Waals surface area contributed by atoms with E-state index < -0.39 is 17.6 Å². The maximum atomic E-state index is 13.8. The molecule has 1 aromatic rings. The molecule has 0 saturated heterocycles. The van der Waals surface area contributed by atoms with Crippen molar-refractivity contribution in [3.8, 4) is 0 Å². The Hall–Kier alpha value is -2.08. The van der Waals surface area contributed by atoms with Crippen LogP contribution in [-0.4, -0.2) is 49.2 Å². The van der Waals surface area contributed by atoms with E-state index in [0.29, 0.717) is 6.54 Å². The summed E-state index contributed by atoms with van der Waals surface area (Å²) in [5, 5.41) is 10.1. The number of halogens is 2. The molecule has 4 nitrogen and oxygen atoms in total. The van der Waals surface area contributed by atoms with E-state index in [9.17, 15) is 18.7 Å². The lowest BCUT2D eigenvalue weighted by Gasteiger charge is -2.22. The van der Waals surface area contributed by atoms with Gasteiger partial charge in [-0.25, -0.2) is 8.78 Å². The van der Waals surface area contributed by atoms with Gasteiger partial charge in [0.15, 0.2) is 5.78 Å². The first-order chi connectivity index (χ1) is 10.9. The molecule has 1 N–H and O–H groups in total. The third-order valence-corrected chi connectivity index (χ3v) is 3.78. The smallest absolute Gasteiger partial charge is 0.168 e. The molecule has 1 atom stereocenters. The first-order valence-electron chi connectivity index (χ1n) is 7.43. The van der Waals surface area contributed by atoms with E-state index in [0.717, 1.165) is 18.7 Å². The zero-order valence-electron chi connectivity index (χ0n) is 13.2. The molecular formula is C17H20F2N2O2. The number of hydrogen-bond donors (Lipinski definition) is 1. The van der Waals surface area contributed by atoms with Crippen molar-refractivity contribution in [3.63, 3.8) is 0 Å². The van der Waals surface area contributed by atoms with Crippen LogP contribution in [0.1, 0.15) is 24.3 Å². The van der Waals surface area contributed by atoms with E-state index in [4.69, 9.17) is 0 Å². The average Bonchev–Trinajstić information content (AvgIpc) is 2.45. The van der Waals surface area contributed by atoms with Crippen molar-refractivity contribution in [2.45, 2.75) is 18.8 Å². The van der Waals surface area contributed by atoms with E-state index in [1.165, 1.54) is 12.3 Å². The number of benzene rings is 1. The van der Waals surface area contributed by atoms with Gasteiger partial charge in [0.2, 0.25) is 0 Å². The predicted octanol–water partition coefficient (Wildman–Crippen LogP) is 2.86. The van der Waals surface area contributed by atoms with Crippen LogP contribution in [0.15, 0.2) is 34.5 Å². The standard InChI is InChI=1S/C17H20F2N2O2/c1-21(2)6-5-20-10-14-16(22)7-11(8-17(14)23)13-4-3-12(18)9-15(13)19/h3-4,9-11,22H,5-8H2,1-2H3. The first kappa shape index (κ1) is 17.3. The lowest BCUT2D eigenvalue weighted by atomic mass is 9.82. The summed E-state index contributed by atoms with van der Waals surface area (Å²) < 4.78 is 26.8. The summed E-state index contributed by atoms with van der Waals surface area (Å²) in [6, 6.07) is 3.27. The molecular weight excluding hydrogens is 302 g/mol. The van der Waals surface area contributed by atoms with Crippen molar-refractivity contribution < 1.29 is 18.7 Å². The highest BCUT2D eigenvalue weighted by Crippen LogP contribution is 2.34. The number of carbonyl (C=O) groups excluding carboxylic acids is 1. The second kappa shape index (κ2) is 7.46. The molecule has 0 bridgehead atoms. The molecule has 124 valence electrons. The molecule has 0 amide bonds. The van der Waals surface area contributed by atoms with Crippen LogP contribution in [-0.2, 0) is 4.79 Å². The largest absolute Gasteiger partial charge is 0.511 e. The van der Waals surface area contributed by atoms with Crippen molar-refractivity contribution >= 4 is 12.0 Å². The van der Waals surface area contributed by atoms with Gasteiger partial charge in [0.1, 0.15) is 17.4 Å². The fraction of sp³-hybridized carbons (Fsp3) is 0.412. The van der Waals surface area contributed by atoms with Gasteiger partial charge in [-0.05, 0) is 25.7 Å². The molecule has 2 rings (SSSR count). The second-order valence-corrected chi connectivity index (χ2v) is 5.89. The van der Waals surface area contributed by atoms with Gasteiger partial charge in [0.25, 0.3) is 0 Å². The number of carbonyl (C=O) groups is 1. The fourth-order valence-corrected chi connectivity index (χ4v) is 2.52. The lowest BCUT2D eigenvalue weighted by molar-refractivity contribution is -0.116. The highest BCUT2D eigenvalue weighted by molar-refractivity contribution is 6.14. The Morgan fingerprint density at radius 1 is 1.35 bits per heavy atom. The number of nitrogens with zero attached hydrogens (tertiary/aromatic N) is 2. The first-order valence-corrected chi connectivity index (χ1v) is 7.43. The molecule has 1 aliphatic rings. The van der Waals surface area contributed by atoms with Crippen molar-refractivity contribution in [2.24, 2.45) is 4.99 Å². The molecule has 0 radical (unpaired) electrons. The van der Waals surface area contributed by atoms with Crippen molar-refractivity contribution in [1.29, 1.82) is 0 Å². The monoisotopic (exact) mass is 322 g/mol. The molecule has 0 fully saturated rings. The van der Waals surface area contributed by atoms with Crippen molar-refractivity contribution in [2.75, 3.05) is 27.2 Å². The zero-order valence-corrected chi connectivity index (χ0v) is 13.2. The van der Waals surface area contributed by atoms with E-state index in [1.54, 1.807) is 0 Å². The van der Waals surface area contributed by atoms with Gasteiger partial charge < -0.3 is 10.0 Å². The Morgan fingerprint density at radius 3 is 2.70 bits per heavy atom. The highest BCUT2D eigenvalue weighted by atomic mass is 19.1. The van der Waals surface area contributed by atoms with Crippen LogP contribution in [0, 0.1) is 11.6 Å². The number of likely N-dealkylation sites (N-methyl/N-ethyl adjacent to an activating group) is 1. The summed E-state index contributed by atoms with van der Waals surface area (Å²) in [6.45, 7) is 1.26. The Morgan fingerprint density at radius 2 is 2.09 bits per heavy atom. The molecule has 0 spiro atoms. The number of aliphatic hydroxyl groups is 1. The summed E-state index contributed by atoms with van der Waals surface area (Å²) in [7, 11) is 3.83. The van der Waals surface area contributed by atoms with Gasteiger partial charge in [-0.1, -0.05) is 6.07 Å². The molecule has 1 aromatic carbocycles. The van der Waals surface area contributed by atoms with Gasteiger partial charge in [0.05, 0.1) is 12.1 Å². The van der Waals surface area contributed by atoms with E-state index in [2.05, 4.69) is 4.99 Å². The Kier molecular flexibility index (Phi) is 5.60. The van der Waals surface area contributed by atoms with Gasteiger partial charge in [-0.2, -0.15) is 0 Å². The minimum absolute atomic E-state index is 0.0711. The molecule has 0 saturated carbocycles. The maximum Gasteiger partial charge on any atom is 0.168 e. The van der Waals surface area contributed by atoms with Crippen LogP contribution < -0.4 is 0 Å². The van der Waals surface area contributed by atoms with Crippen LogP contribution in [0.25, 0.3) is 0 Å². The third-order valence-electron chi connectivity index (χ3n) is 3.78. The number of ketones is 1. The number of rotatable bonds is 5. The molecule has 1 aliphatic carbocycles. The van der Waals surface area contributed by atoms with E-state index >= 15 is 0 Å². The highest BCUT2D eigenvalue weighted by Gasteiger charge is 2.29. The van der Waals surface area contributed by atoms with Crippen molar-refractivity contribution in [1.82, 2.24) is 4.90 Å². The minimum atomic E-state index is -0.696. The van der Waals surface area contributed by atoms with Crippen LogP contribution >= 0.6 is 0 Å². The normalized spacial score (nSPS) is 19.2. The van der Waals surface area contributed by atoms with Crippen LogP contribution in [0.2, 0.25) is 0 Å². The Labute approximate surface area is 134 Å². The summed E-state index contributed by atoms with van der Waals surface area (Å²) in [5.74, 6) is -2.22. The molecule has 23 heavy (non-hydrogen) atoms. The molecule has 0 heterocycles. The van der Waals surface area contributed by atoms with Gasteiger partial charge in [-0.15, -0.1) is 0 Å². The third kappa shape index (κ3) is 4.45. The van der Waals surface area contributed by atoms with E-state index in [-0.39, 0.29) is 35.5 Å². The number of aliphatic imine (C=N–C) groups is 1. The lowest BCUT2D eigenvalue weighted by Crippen LogP contribution is -2.20. The molecule has 6 heteroatoms. The molecule has 1 unspecified atom stereocenters. The average molecular weight is 322 g/mol. The number of Topliss-reactive ketones (excluding diaryl/α,β-unsaturated/α-hetero) is 1. The zero-order chi connectivity index (χ0) is 17.0. The minimum Gasteiger partial charge on any atom is -0.511 e. The Bertz CT molecular complexity index is 654. The van der Waals surface area contributed by atoms with Crippen LogP contribution in [0.4, 0.5) is 8.78 Å². The van der Waals surface area contributed by atoms with Gasteiger partial charge in [0, 0.05) is 37.6 Å². The molecule has 0 aromatic heterocycles. The number of hydrogen-bond acceptors (Lipinski definition) is 4. The summed E-state index contributed by atoms with van der Waals surface area (Å²) in [6.07, 6.45) is 1.60. The van der Waals surface area contributed by atoms with Crippen LogP contribution in [0.3, 0.4) is 0 Å². The Balaban J connectivity index is 2.13. The quantitative estimate of drug-likeness (QED) is 0.848. The SMILES string of the molecule is CN(C)CCN=CC1=C(O)CC(c2ccc(F)cc2F)CC1=O. The predicted molar refractivity (Wildman–Crippen MR) is 84.9 cm³/mol. The van der Waals surface area contributed by atoms with Crippen LogP contribution in [0.5, 0.6) is 0 Å². The topological polar surface area (TPSA) is 52.9 Å². The van der Waals surface area contributed by atoms with Crippen molar-refractivity contribution in [3.05, 3.63) is 46.7 Å². The second-order valence-electron chi connectivity index (χ2n) is 5.89. The molecule has 0 aliphatic heterocycles. The maximum absolute atomic E-state index is 13.8. The number of allylic oxidation sites excluding steroid dienone is 2. The van der Waals surface area contributed by atoms with Gasteiger partial charge >= 0.3 is 0 Å². The summed E-state index contributed by atoms with van der Waals surface area (Å²) >= 11 is 0.